The van der Waals surface area contributed by atoms with Crippen molar-refractivity contribution in [3.8, 4) is 0 Å². The molecule has 3 heteroatoms. The molecule has 0 spiro atoms. The van der Waals surface area contributed by atoms with E-state index in [1.54, 1.807) is 0 Å². The molecule has 0 radical (unpaired) electrons. The van der Waals surface area contributed by atoms with Gasteiger partial charge in [-0.1, -0.05) is 48.7 Å². The van der Waals surface area contributed by atoms with Crippen LogP contribution in [0.5, 0.6) is 0 Å². The van der Waals surface area contributed by atoms with Gasteiger partial charge in [-0.2, -0.15) is 0 Å². The van der Waals surface area contributed by atoms with Crippen molar-refractivity contribution >= 4 is 21.6 Å². The minimum absolute atomic E-state index is 0.402. The molecule has 1 saturated heterocycles. The van der Waals surface area contributed by atoms with Crippen LogP contribution in [0.4, 0.5) is 5.69 Å². The Morgan fingerprint density at radius 3 is 2.81 bits per heavy atom. The zero-order valence-electron chi connectivity index (χ0n) is 13.7. The summed E-state index contributed by atoms with van der Waals surface area (Å²) in [6.45, 7) is 8.98. The largest absolute Gasteiger partial charge is 0.368 e. The first kappa shape index (κ1) is 16.8. The Labute approximate surface area is 138 Å². The minimum Gasteiger partial charge on any atom is -0.368 e. The van der Waals surface area contributed by atoms with Gasteiger partial charge in [-0.15, -0.1) is 0 Å². The van der Waals surface area contributed by atoms with Crippen LogP contribution in [0.3, 0.4) is 0 Å². The summed E-state index contributed by atoms with van der Waals surface area (Å²) < 4.78 is 1.18. The van der Waals surface area contributed by atoms with Gasteiger partial charge in [-0.25, -0.2) is 0 Å². The molecule has 21 heavy (non-hydrogen) atoms. The second-order valence-electron chi connectivity index (χ2n) is 6.09. The van der Waals surface area contributed by atoms with Crippen molar-refractivity contribution in [1.29, 1.82) is 0 Å². The number of benzene rings is 1. The van der Waals surface area contributed by atoms with Crippen LogP contribution in [0.15, 0.2) is 22.7 Å². The van der Waals surface area contributed by atoms with Gasteiger partial charge in [0.1, 0.15) is 0 Å². The lowest BCUT2D eigenvalue weighted by molar-refractivity contribution is 0.546. The van der Waals surface area contributed by atoms with Gasteiger partial charge in [0.15, 0.2) is 0 Å². The Hall–Kier alpha value is -0.540. The second-order valence-corrected chi connectivity index (χ2v) is 7.00. The Balaban J connectivity index is 2.36. The summed E-state index contributed by atoms with van der Waals surface area (Å²) in [6, 6.07) is 7.86. The maximum absolute atomic E-state index is 3.67. The number of anilines is 1. The molecule has 118 valence electrons. The molecule has 2 nitrogen and oxygen atoms in total. The number of halogens is 1. The second kappa shape index (κ2) is 8.19. The van der Waals surface area contributed by atoms with E-state index in [1.807, 2.05) is 0 Å². The Kier molecular flexibility index (Phi) is 6.56. The summed E-state index contributed by atoms with van der Waals surface area (Å²) in [4.78, 5) is 2.67. The number of nitrogens with one attached hydrogen (secondary N) is 1. The molecule has 1 heterocycles. The van der Waals surface area contributed by atoms with Crippen molar-refractivity contribution in [2.75, 3.05) is 18.0 Å². The van der Waals surface area contributed by atoms with E-state index in [0.717, 1.165) is 6.54 Å². The van der Waals surface area contributed by atoms with E-state index in [9.17, 15) is 0 Å². The predicted molar refractivity (Wildman–Crippen MR) is 96.1 cm³/mol. The topological polar surface area (TPSA) is 15.3 Å². The van der Waals surface area contributed by atoms with Crippen molar-refractivity contribution in [2.24, 2.45) is 0 Å². The van der Waals surface area contributed by atoms with E-state index in [4.69, 9.17) is 0 Å². The molecule has 1 aromatic rings. The maximum Gasteiger partial charge on any atom is 0.0428 e. The smallest absolute Gasteiger partial charge is 0.0428 e. The van der Waals surface area contributed by atoms with Gasteiger partial charge in [-0.05, 0) is 50.4 Å². The monoisotopic (exact) mass is 352 g/mol. The third-order valence-electron chi connectivity index (χ3n) is 4.63. The van der Waals surface area contributed by atoms with Crippen molar-refractivity contribution in [3.05, 3.63) is 28.2 Å². The van der Waals surface area contributed by atoms with E-state index in [0.29, 0.717) is 12.1 Å². The van der Waals surface area contributed by atoms with Crippen LogP contribution in [-0.2, 0) is 0 Å². The summed E-state index contributed by atoms with van der Waals surface area (Å²) in [6.07, 6.45) is 6.64. The molecule has 0 saturated carbocycles. The van der Waals surface area contributed by atoms with Crippen LogP contribution in [0.2, 0.25) is 0 Å². The van der Waals surface area contributed by atoms with Gasteiger partial charge in [-0.3, -0.25) is 0 Å². The number of nitrogens with zero attached hydrogens (tertiary/aromatic N) is 1. The molecule has 1 aliphatic heterocycles. The molecule has 2 atom stereocenters. The lowest BCUT2D eigenvalue weighted by Crippen LogP contribution is -2.36. The third kappa shape index (κ3) is 4.23. The fraction of sp³-hybridized carbons (Fsp3) is 0.667. The van der Waals surface area contributed by atoms with E-state index >= 15 is 0 Å². The van der Waals surface area contributed by atoms with Gasteiger partial charge >= 0.3 is 0 Å². The summed E-state index contributed by atoms with van der Waals surface area (Å²) >= 11 is 3.67. The number of rotatable bonds is 5. The van der Waals surface area contributed by atoms with Crippen LogP contribution < -0.4 is 10.2 Å². The van der Waals surface area contributed by atoms with Crippen molar-refractivity contribution in [1.82, 2.24) is 5.32 Å². The fourth-order valence-electron chi connectivity index (χ4n) is 3.47. The van der Waals surface area contributed by atoms with Crippen molar-refractivity contribution in [2.45, 2.75) is 65.0 Å². The van der Waals surface area contributed by atoms with Crippen LogP contribution >= 0.6 is 15.9 Å². The van der Waals surface area contributed by atoms with Crippen LogP contribution in [0.1, 0.15) is 64.5 Å². The first-order chi connectivity index (χ1) is 10.2. The van der Waals surface area contributed by atoms with Crippen molar-refractivity contribution in [3.63, 3.8) is 0 Å². The van der Waals surface area contributed by atoms with Crippen molar-refractivity contribution < 1.29 is 0 Å². The molecular formula is C18H29BrN2. The Bertz CT molecular complexity index is 447. The lowest BCUT2D eigenvalue weighted by Gasteiger charge is -2.34. The summed E-state index contributed by atoms with van der Waals surface area (Å²) in [7, 11) is 0. The first-order valence-electron chi connectivity index (χ1n) is 8.46. The van der Waals surface area contributed by atoms with E-state index in [-0.39, 0.29) is 0 Å². The van der Waals surface area contributed by atoms with Crippen LogP contribution in [0.25, 0.3) is 0 Å². The van der Waals surface area contributed by atoms with Gasteiger partial charge in [0, 0.05) is 28.8 Å². The van der Waals surface area contributed by atoms with Gasteiger partial charge in [0.05, 0.1) is 0 Å². The molecule has 0 aliphatic carbocycles. The molecular weight excluding hydrogens is 324 g/mol. The molecule has 0 amide bonds. The zero-order valence-corrected chi connectivity index (χ0v) is 15.2. The predicted octanol–water partition coefficient (Wildman–Crippen LogP) is 5.28. The van der Waals surface area contributed by atoms with E-state index in [2.05, 4.69) is 65.1 Å². The maximum atomic E-state index is 3.67. The lowest BCUT2D eigenvalue weighted by atomic mass is 10.0. The first-order valence-corrected chi connectivity index (χ1v) is 9.26. The third-order valence-corrected chi connectivity index (χ3v) is 5.12. The molecule has 2 unspecified atom stereocenters. The molecule has 0 aromatic heterocycles. The average molecular weight is 353 g/mol. The molecule has 1 aromatic carbocycles. The molecule has 0 bridgehead atoms. The molecule has 1 fully saturated rings. The van der Waals surface area contributed by atoms with Gasteiger partial charge < -0.3 is 10.2 Å². The summed E-state index contributed by atoms with van der Waals surface area (Å²) in [5, 5.41) is 3.57. The van der Waals surface area contributed by atoms with Crippen LogP contribution in [0, 0.1) is 0 Å². The summed E-state index contributed by atoms with van der Waals surface area (Å²) in [5.74, 6) is 0. The highest BCUT2D eigenvalue weighted by molar-refractivity contribution is 9.10. The fourth-order valence-corrected chi connectivity index (χ4v) is 3.82. The SMILES string of the molecule is CCNC(C)c1ccc(Br)cc1N1CCCCCC1CC. The molecule has 1 aliphatic rings. The Morgan fingerprint density at radius 2 is 2.10 bits per heavy atom. The van der Waals surface area contributed by atoms with Gasteiger partial charge in [0.2, 0.25) is 0 Å². The highest BCUT2D eigenvalue weighted by atomic mass is 79.9. The van der Waals surface area contributed by atoms with Crippen LogP contribution in [-0.4, -0.2) is 19.1 Å². The number of hydrogen-bond donors (Lipinski definition) is 1. The highest BCUT2D eigenvalue weighted by Gasteiger charge is 2.23. The minimum atomic E-state index is 0.402. The highest BCUT2D eigenvalue weighted by Crippen LogP contribution is 2.34. The Morgan fingerprint density at radius 1 is 1.29 bits per heavy atom. The summed E-state index contributed by atoms with van der Waals surface area (Å²) in [5.41, 5.74) is 2.85. The van der Waals surface area contributed by atoms with E-state index < -0.39 is 0 Å². The standard InChI is InChI=1S/C18H29BrN2/c1-4-16-9-7-6-8-12-21(16)18-13-15(19)10-11-17(18)14(3)20-5-2/h10-11,13-14,16,20H,4-9,12H2,1-3H3. The average Bonchev–Trinajstić information content (AvgIpc) is 2.72. The quantitative estimate of drug-likeness (QED) is 0.775. The molecule has 1 N–H and O–H groups in total. The number of hydrogen-bond acceptors (Lipinski definition) is 2. The zero-order chi connectivity index (χ0) is 15.2. The molecule has 2 rings (SSSR count). The van der Waals surface area contributed by atoms with Gasteiger partial charge in [0.25, 0.3) is 0 Å². The normalized spacial score (nSPS) is 21.1. The van der Waals surface area contributed by atoms with E-state index in [1.165, 1.54) is 54.4 Å².